The quantitative estimate of drug-likeness (QED) is 0.790. The van der Waals surface area contributed by atoms with Crippen LogP contribution < -0.4 is 16.0 Å². The highest BCUT2D eigenvalue weighted by Crippen LogP contribution is 2.29. The Balaban J connectivity index is 1.95. The van der Waals surface area contributed by atoms with Crippen molar-refractivity contribution in [3.05, 3.63) is 47.0 Å². The lowest BCUT2D eigenvalue weighted by Gasteiger charge is -2.14. The van der Waals surface area contributed by atoms with E-state index in [2.05, 4.69) is 16.0 Å². The number of aryl methyl sites for hydroxylation is 1. The molecule has 21 heavy (non-hydrogen) atoms. The molecule has 2 aromatic rings. The molecule has 0 aliphatic carbocycles. The standard InChI is InChI=1S/C14H12FN3O3/c1-7-10(11-12(19)16-6-17-14(11)21-7)13(20)18-9-4-2-3-8(15)5-9/h2-5,17H,6H2,1H3,(H,16,19)(H,18,20). The lowest BCUT2D eigenvalue weighted by molar-refractivity contribution is 0.0939. The summed E-state index contributed by atoms with van der Waals surface area (Å²) >= 11 is 0. The zero-order valence-electron chi connectivity index (χ0n) is 11.1. The Hall–Kier alpha value is -2.83. The van der Waals surface area contributed by atoms with Gasteiger partial charge in [0.2, 0.25) is 5.88 Å². The summed E-state index contributed by atoms with van der Waals surface area (Å²) in [4.78, 5) is 24.2. The number of furan rings is 1. The van der Waals surface area contributed by atoms with Gasteiger partial charge in [0.25, 0.3) is 11.8 Å². The van der Waals surface area contributed by atoms with Gasteiger partial charge in [0.1, 0.15) is 17.1 Å². The lowest BCUT2D eigenvalue weighted by atomic mass is 10.1. The average molecular weight is 289 g/mol. The lowest BCUT2D eigenvalue weighted by Crippen LogP contribution is -2.35. The summed E-state index contributed by atoms with van der Waals surface area (Å²) in [6.07, 6.45) is 0. The first-order valence-corrected chi connectivity index (χ1v) is 6.28. The number of nitrogens with one attached hydrogen (secondary N) is 3. The summed E-state index contributed by atoms with van der Waals surface area (Å²) in [5, 5.41) is 7.96. The Morgan fingerprint density at radius 2 is 2.19 bits per heavy atom. The van der Waals surface area contributed by atoms with Gasteiger partial charge in [0.15, 0.2) is 0 Å². The monoisotopic (exact) mass is 289 g/mol. The Morgan fingerprint density at radius 1 is 1.38 bits per heavy atom. The highest BCUT2D eigenvalue weighted by molar-refractivity contribution is 6.15. The smallest absolute Gasteiger partial charge is 0.260 e. The van der Waals surface area contributed by atoms with Gasteiger partial charge in [-0.15, -0.1) is 0 Å². The van der Waals surface area contributed by atoms with Crippen molar-refractivity contribution in [3.8, 4) is 0 Å². The Morgan fingerprint density at radius 3 is 2.95 bits per heavy atom. The fourth-order valence-corrected chi connectivity index (χ4v) is 2.21. The first-order valence-electron chi connectivity index (χ1n) is 6.28. The van der Waals surface area contributed by atoms with Crippen LogP contribution in [0.2, 0.25) is 0 Å². The van der Waals surface area contributed by atoms with Gasteiger partial charge in [-0.05, 0) is 25.1 Å². The van der Waals surface area contributed by atoms with Crippen LogP contribution in [0.25, 0.3) is 0 Å². The molecule has 1 aromatic carbocycles. The molecule has 3 rings (SSSR count). The second-order valence-corrected chi connectivity index (χ2v) is 4.56. The minimum Gasteiger partial charge on any atom is -0.444 e. The molecule has 1 aliphatic rings. The van der Waals surface area contributed by atoms with Crippen LogP contribution in [-0.4, -0.2) is 18.5 Å². The van der Waals surface area contributed by atoms with Gasteiger partial charge < -0.3 is 20.4 Å². The molecule has 0 radical (unpaired) electrons. The van der Waals surface area contributed by atoms with Crippen LogP contribution in [0.15, 0.2) is 28.7 Å². The van der Waals surface area contributed by atoms with E-state index in [1.54, 1.807) is 13.0 Å². The van der Waals surface area contributed by atoms with E-state index >= 15 is 0 Å². The van der Waals surface area contributed by atoms with E-state index in [0.29, 0.717) is 11.4 Å². The van der Waals surface area contributed by atoms with Gasteiger partial charge in [-0.2, -0.15) is 0 Å². The highest BCUT2D eigenvalue weighted by atomic mass is 19.1. The average Bonchev–Trinajstić information content (AvgIpc) is 2.76. The molecule has 1 aliphatic heterocycles. The predicted molar refractivity (Wildman–Crippen MR) is 73.8 cm³/mol. The SMILES string of the molecule is Cc1oc2c(c1C(=O)Nc1cccc(F)c1)C(=O)NCN2. The summed E-state index contributed by atoms with van der Waals surface area (Å²) < 4.78 is 18.5. The molecule has 0 spiro atoms. The summed E-state index contributed by atoms with van der Waals surface area (Å²) in [5.74, 6) is -0.788. The molecule has 0 bridgehead atoms. The Bertz CT molecular complexity index is 739. The molecule has 7 heteroatoms. The van der Waals surface area contributed by atoms with E-state index in [0.717, 1.165) is 0 Å². The van der Waals surface area contributed by atoms with Crippen molar-refractivity contribution >= 4 is 23.4 Å². The van der Waals surface area contributed by atoms with Crippen molar-refractivity contribution in [2.45, 2.75) is 6.92 Å². The van der Waals surface area contributed by atoms with Crippen molar-refractivity contribution in [1.29, 1.82) is 0 Å². The van der Waals surface area contributed by atoms with Crippen LogP contribution >= 0.6 is 0 Å². The zero-order valence-corrected chi connectivity index (χ0v) is 11.1. The van der Waals surface area contributed by atoms with Crippen LogP contribution in [0.5, 0.6) is 0 Å². The fraction of sp³-hybridized carbons (Fsp3) is 0.143. The third-order valence-corrected chi connectivity index (χ3v) is 3.12. The van der Waals surface area contributed by atoms with E-state index in [1.807, 2.05) is 0 Å². The number of amides is 2. The number of anilines is 2. The van der Waals surface area contributed by atoms with Crippen molar-refractivity contribution in [2.24, 2.45) is 0 Å². The molecule has 0 unspecified atom stereocenters. The number of carbonyl (C=O) groups excluding carboxylic acids is 2. The number of benzene rings is 1. The summed E-state index contributed by atoms with van der Waals surface area (Å²) in [6.45, 7) is 1.83. The van der Waals surface area contributed by atoms with Gasteiger partial charge in [-0.1, -0.05) is 6.07 Å². The Kier molecular flexibility index (Phi) is 3.09. The number of hydrogen-bond acceptors (Lipinski definition) is 4. The van der Waals surface area contributed by atoms with E-state index in [1.165, 1.54) is 18.2 Å². The summed E-state index contributed by atoms with van der Waals surface area (Å²) in [5.41, 5.74) is 0.602. The van der Waals surface area contributed by atoms with Gasteiger partial charge in [-0.25, -0.2) is 4.39 Å². The van der Waals surface area contributed by atoms with Crippen LogP contribution in [0, 0.1) is 12.7 Å². The molecule has 0 saturated carbocycles. The van der Waals surface area contributed by atoms with E-state index < -0.39 is 11.7 Å². The van der Waals surface area contributed by atoms with Crippen molar-refractivity contribution in [3.63, 3.8) is 0 Å². The van der Waals surface area contributed by atoms with E-state index in [4.69, 9.17) is 4.42 Å². The number of carbonyl (C=O) groups is 2. The molecule has 0 saturated heterocycles. The first kappa shape index (κ1) is 13.2. The van der Waals surface area contributed by atoms with Gasteiger partial charge in [0.05, 0.1) is 12.2 Å². The van der Waals surface area contributed by atoms with Gasteiger partial charge in [0, 0.05) is 5.69 Å². The summed E-state index contributed by atoms with van der Waals surface area (Å²) in [6, 6.07) is 5.51. The maximum Gasteiger partial charge on any atom is 0.260 e. The highest BCUT2D eigenvalue weighted by Gasteiger charge is 2.30. The molecule has 6 nitrogen and oxygen atoms in total. The number of rotatable bonds is 2. The van der Waals surface area contributed by atoms with Gasteiger partial charge >= 0.3 is 0 Å². The molecular weight excluding hydrogens is 277 g/mol. The van der Waals surface area contributed by atoms with Crippen LogP contribution in [0.4, 0.5) is 16.0 Å². The minimum absolute atomic E-state index is 0.138. The van der Waals surface area contributed by atoms with Crippen molar-refractivity contribution in [1.82, 2.24) is 5.32 Å². The third-order valence-electron chi connectivity index (χ3n) is 3.12. The fourth-order valence-electron chi connectivity index (χ4n) is 2.21. The maximum atomic E-state index is 13.1. The molecular formula is C14H12FN3O3. The third kappa shape index (κ3) is 2.33. The molecule has 3 N–H and O–H groups in total. The number of fused-ring (bicyclic) bond motifs is 1. The molecule has 2 amide bonds. The zero-order chi connectivity index (χ0) is 15.0. The number of halogens is 1. The summed E-state index contributed by atoms with van der Waals surface area (Å²) in [7, 11) is 0. The molecule has 1 aromatic heterocycles. The largest absolute Gasteiger partial charge is 0.444 e. The van der Waals surface area contributed by atoms with Crippen LogP contribution in [-0.2, 0) is 0 Å². The minimum atomic E-state index is -0.526. The van der Waals surface area contributed by atoms with Crippen molar-refractivity contribution < 1.29 is 18.4 Å². The van der Waals surface area contributed by atoms with E-state index in [9.17, 15) is 14.0 Å². The second-order valence-electron chi connectivity index (χ2n) is 4.56. The van der Waals surface area contributed by atoms with E-state index in [-0.39, 0.29) is 29.6 Å². The molecule has 108 valence electrons. The second kappa shape index (κ2) is 4.93. The predicted octanol–water partition coefficient (Wildman–Crippen LogP) is 2.09. The number of hydrogen-bond donors (Lipinski definition) is 3. The molecule has 0 atom stereocenters. The maximum absolute atomic E-state index is 13.1. The van der Waals surface area contributed by atoms with Crippen LogP contribution in [0.1, 0.15) is 26.5 Å². The van der Waals surface area contributed by atoms with Crippen molar-refractivity contribution in [2.75, 3.05) is 17.3 Å². The van der Waals surface area contributed by atoms with Gasteiger partial charge in [-0.3, -0.25) is 9.59 Å². The first-order chi connectivity index (χ1) is 10.1. The topological polar surface area (TPSA) is 83.4 Å². The Labute approximate surface area is 119 Å². The normalized spacial score (nSPS) is 13.1. The van der Waals surface area contributed by atoms with Crippen LogP contribution in [0.3, 0.4) is 0 Å². The molecule has 0 fully saturated rings. The molecule has 2 heterocycles.